The number of pyridine rings is 1. The molecule has 57 heavy (non-hydrogen) atoms. The number of rotatable bonds is 8. The molecule has 6 nitrogen and oxygen atoms in total. The number of hydrogen-bond acceptors (Lipinski definition) is 6. The summed E-state index contributed by atoms with van der Waals surface area (Å²) in [5, 5.41) is 13.0. The first-order valence-electron chi connectivity index (χ1n) is 19.8. The van der Waals surface area contributed by atoms with E-state index in [4.69, 9.17) is 19.4 Å². The maximum atomic E-state index is 12.2. The van der Waals surface area contributed by atoms with Crippen LogP contribution in [0.3, 0.4) is 0 Å². The van der Waals surface area contributed by atoms with Gasteiger partial charge in [0.15, 0.2) is 11.4 Å². The summed E-state index contributed by atoms with van der Waals surface area (Å²) in [4.78, 5) is 17.7. The van der Waals surface area contributed by atoms with Crippen LogP contribution in [0.4, 0.5) is 17.2 Å². The van der Waals surface area contributed by atoms with E-state index in [9.17, 15) is 5.11 Å². The minimum atomic E-state index is -0.322. The highest BCUT2D eigenvalue weighted by Crippen LogP contribution is 2.45. The van der Waals surface area contributed by atoms with E-state index in [1.165, 1.54) is 5.56 Å². The van der Waals surface area contributed by atoms with E-state index in [0.717, 1.165) is 62.4 Å². The molecule has 0 unspecified atom stereocenters. The highest BCUT2D eigenvalue weighted by molar-refractivity contribution is 6.07. The Morgan fingerprint density at radius 1 is 0.667 bits per heavy atom. The van der Waals surface area contributed by atoms with Gasteiger partial charge in [-0.1, -0.05) is 122 Å². The number of benzene rings is 5. The molecule has 0 bridgehead atoms. The van der Waals surface area contributed by atoms with Crippen LogP contribution in [0.15, 0.2) is 138 Å². The molecule has 0 aliphatic carbocycles. The van der Waals surface area contributed by atoms with Crippen LogP contribution < -0.4 is 4.90 Å². The van der Waals surface area contributed by atoms with Crippen molar-refractivity contribution in [1.29, 1.82) is 0 Å². The minimum Gasteiger partial charge on any atom is -0.507 e. The normalized spacial score (nSPS) is 12.2. The number of fused-ring (bicyclic) bond motifs is 3. The number of phenols is 1. The average Bonchev–Trinajstić information content (AvgIpc) is 3.56. The molecular formula is C51H50N4O2. The van der Waals surface area contributed by atoms with Gasteiger partial charge in [0.25, 0.3) is 0 Å². The van der Waals surface area contributed by atoms with Crippen molar-refractivity contribution >= 4 is 39.3 Å². The average molecular weight is 751 g/mol. The van der Waals surface area contributed by atoms with Crippen molar-refractivity contribution in [3.05, 3.63) is 150 Å². The second-order valence-corrected chi connectivity index (χ2v) is 17.5. The molecule has 0 radical (unpaired) electrons. The molecule has 0 fully saturated rings. The Morgan fingerprint density at radius 3 is 2.05 bits per heavy atom. The SMILES string of the molecule is CC(C)Cc1cc(-c2nc(-c3cc(C(C)(C)C)cc(C(C)(C)C)c3O)c3oc4ccccc4c3n2)cc(N(c2ccc(-c3ccccc3)cc2)c2ccccn2)c1. The van der Waals surface area contributed by atoms with Crippen LogP contribution in [-0.4, -0.2) is 20.1 Å². The van der Waals surface area contributed by atoms with Crippen LogP contribution in [0.2, 0.25) is 0 Å². The third kappa shape index (κ3) is 7.52. The van der Waals surface area contributed by atoms with Crippen molar-refractivity contribution in [2.24, 2.45) is 5.92 Å². The zero-order valence-electron chi connectivity index (χ0n) is 34.1. The van der Waals surface area contributed by atoms with Crippen molar-refractivity contribution in [3.8, 4) is 39.5 Å². The van der Waals surface area contributed by atoms with Gasteiger partial charge < -0.3 is 9.52 Å². The third-order valence-electron chi connectivity index (χ3n) is 10.5. The van der Waals surface area contributed by atoms with E-state index in [1.807, 2.05) is 54.7 Å². The summed E-state index contributed by atoms with van der Waals surface area (Å²) in [7, 11) is 0. The lowest BCUT2D eigenvalue weighted by Gasteiger charge is -2.27. The molecule has 8 aromatic rings. The minimum absolute atomic E-state index is 0.181. The molecule has 0 aliphatic rings. The molecule has 3 heterocycles. The van der Waals surface area contributed by atoms with Gasteiger partial charge in [0.2, 0.25) is 0 Å². The standard InChI is InChI=1S/C51H50N4O2/c1-32(2)26-33-27-36(29-39(28-33)55(44-20-14-15-25-52-44)38-23-21-35(22-24-38)34-16-10-9-11-17-34)49-53-45-40-18-12-13-19-43(40)57-48(45)46(54-49)41-30-37(50(3,4)5)31-42(47(41)56)51(6,7)8/h9-25,27-32,56H,26H2,1-8H3. The van der Waals surface area contributed by atoms with E-state index in [1.54, 1.807) is 0 Å². The molecule has 1 N–H and O–H groups in total. The number of para-hydroxylation sites is 1. The second-order valence-electron chi connectivity index (χ2n) is 17.5. The quantitative estimate of drug-likeness (QED) is 0.167. The highest BCUT2D eigenvalue weighted by Gasteiger charge is 2.29. The molecular weight excluding hydrogens is 701 g/mol. The molecule has 0 spiro atoms. The first-order valence-corrected chi connectivity index (χ1v) is 19.8. The van der Waals surface area contributed by atoms with Crippen LogP contribution in [0.5, 0.6) is 5.75 Å². The number of aromatic hydroxyl groups is 1. The Hall–Kier alpha value is -6.27. The lowest BCUT2D eigenvalue weighted by Crippen LogP contribution is -2.17. The van der Waals surface area contributed by atoms with E-state index >= 15 is 0 Å². The Balaban J connectivity index is 1.38. The topological polar surface area (TPSA) is 75.3 Å². The van der Waals surface area contributed by atoms with E-state index in [2.05, 4.69) is 139 Å². The Morgan fingerprint density at radius 2 is 1.37 bits per heavy atom. The molecule has 0 amide bonds. The van der Waals surface area contributed by atoms with Gasteiger partial charge in [-0.3, -0.25) is 4.90 Å². The molecule has 0 aliphatic heterocycles. The number of aromatic nitrogens is 3. The van der Waals surface area contributed by atoms with Gasteiger partial charge in [0.1, 0.15) is 28.4 Å². The second kappa shape index (κ2) is 14.7. The van der Waals surface area contributed by atoms with E-state index < -0.39 is 0 Å². The molecule has 286 valence electrons. The first kappa shape index (κ1) is 37.6. The maximum absolute atomic E-state index is 12.2. The number of nitrogens with zero attached hydrogens (tertiary/aromatic N) is 4. The van der Waals surface area contributed by atoms with Crippen LogP contribution in [0, 0.1) is 5.92 Å². The molecule has 8 rings (SSSR count). The van der Waals surface area contributed by atoms with E-state index in [-0.39, 0.29) is 16.6 Å². The van der Waals surface area contributed by atoms with Crippen LogP contribution >= 0.6 is 0 Å². The van der Waals surface area contributed by atoms with Crippen molar-refractivity contribution in [3.63, 3.8) is 0 Å². The zero-order chi connectivity index (χ0) is 40.1. The zero-order valence-corrected chi connectivity index (χ0v) is 34.1. The maximum Gasteiger partial charge on any atom is 0.180 e. The predicted octanol–water partition coefficient (Wildman–Crippen LogP) is 13.7. The van der Waals surface area contributed by atoms with Gasteiger partial charge in [-0.25, -0.2) is 15.0 Å². The molecule has 3 aromatic heterocycles. The fourth-order valence-corrected chi connectivity index (χ4v) is 7.58. The van der Waals surface area contributed by atoms with Gasteiger partial charge >= 0.3 is 0 Å². The summed E-state index contributed by atoms with van der Waals surface area (Å²) in [6.45, 7) is 17.5. The monoisotopic (exact) mass is 750 g/mol. The summed E-state index contributed by atoms with van der Waals surface area (Å²) in [6, 6.07) is 43.9. The predicted molar refractivity (Wildman–Crippen MR) is 236 cm³/mol. The lowest BCUT2D eigenvalue weighted by molar-refractivity contribution is 0.446. The van der Waals surface area contributed by atoms with Gasteiger partial charge in [-0.15, -0.1) is 0 Å². The van der Waals surface area contributed by atoms with Crippen molar-refractivity contribution in [1.82, 2.24) is 15.0 Å². The lowest BCUT2D eigenvalue weighted by atomic mass is 9.78. The fraction of sp³-hybridized carbons (Fsp3) is 0.235. The summed E-state index contributed by atoms with van der Waals surface area (Å²) in [6.07, 6.45) is 2.69. The fourth-order valence-electron chi connectivity index (χ4n) is 7.58. The number of anilines is 3. The summed E-state index contributed by atoms with van der Waals surface area (Å²) in [5.41, 5.74) is 10.9. The molecule has 5 aromatic carbocycles. The van der Waals surface area contributed by atoms with Crippen molar-refractivity contribution < 1.29 is 9.52 Å². The molecule has 6 heteroatoms. The summed E-state index contributed by atoms with van der Waals surface area (Å²) < 4.78 is 6.58. The Labute approximate surface area is 335 Å². The summed E-state index contributed by atoms with van der Waals surface area (Å²) in [5.74, 6) is 1.96. The third-order valence-corrected chi connectivity index (χ3v) is 10.5. The van der Waals surface area contributed by atoms with Gasteiger partial charge in [0, 0.05) is 39.6 Å². The van der Waals surface area contributed by atoms with Gasteiger partial charge in [-0.05, 0) is 106 Å². The van der Waals surface area contributed by atoms with E-state index in [0.29, 0.717) is 34.1 Å². The summed E-state index contributed by atoms with van der Waals surface area (Å²) >= 11 is 0. The molecule has 0 saturated heterocycles. The molecule has 0 saturated carbocycles. The van der Waals surface area contributed by atoms with Crippen LogP contribution in [-0.2, 0) is 17.3 Å². The smallest absolute Gasteiger partial charge is 0.180 e. The van der Waals surface area contributed by atoms with Gasteiger partial charge in [-0.2, -0.15) is 0 Å². The Kier molecular flexibility index (Phi) is 9.69. The first-order chi connectivity index (χ1) is 27.2. The van der Waals surface area contributed by atoms with Crippen LogP contribution in [0.1, 0.15) is 72.1 Å². The molecule has 0 atom stereocenters. The van der Waals surface area contributed by atoms with Crippen molar-refractivity contribution in [2.75, 3.05) is 4.90 Å². The van der Waals surface area contributed by atoms with Crippen LogP contribution in [0.25, 0.3) is 55.8 Å². The largest absolute Gasteiger partial charge is 0.507 e. The number of phenolic OH excluding ortho intramolecular Hbond substituents is 1. The van der Waals surface area contributed by atoms with Crippen molar-refractivity contribution in [2.45, 2.75) is 72.6 Å². The number of hydrogen-bond donors (Lipinski definition) is 1. The highest BCUT2D eigenvalue weighted by atomic mass is 16.3. The van der Waals surface area contributed by atoms with Gasteiger partial charge in [0.05, 0.1) is 0 Å². The Bertz CT molecular complexity index is 2700. The number of furan rings is 1.